The molecule has 0 spiro atoms. The van der Waals surface area contributed by atoms with Gasteiger partial charge in [0.25, 0.3) is 5.91 Å². The number of piperazine rings is 1. The van der Waals surface area contributed by atoms with Crippen LogP contribution in [-0.2, 0) is 26.6 Å². The third-order valence-corrected chi connectivity index (χ3v) is 9.79. The number of benzene rings is 3. The van der Waals surface area contributed by atoms with Crippen LogP contribution in [0.15, 0.2) is 79.4 Å². The maximum absolute atomic E-state index is 12.8. The van der Waals surface area contributed by atoms with Crippen molar-refractivity contribution in [2.45, 2.75) is 38.2 Å². The van der Waals surface area contributed by atoms with Crippen molar-refractivity contribution in [3.63, 3.8) is 0 Å². The number of carbonyl (C=O) groups excluding carboxylic acids is 2. The summed E-state index contributed by atoms with van der Waals surface area (Å²) in [5.74, 6) is -0.609. The number of ether oxygens (including phenoxy) is 3. The molecule has 50 heavy (non-hydrogen) atoms. The summed E-state index contributed by atoms with van der Waals surface area (Å²) in [6.45, 7) is 7.08. The number of rotatable bonds is 12. The van der Waals surface area contributed by atoms with E-state index in [-0.39, 0.29) is 31.1 Å². The molecule has 262 valence electrons. The average molecular weight is 721 g/mol. The van der Waals surface area contributed by atoms with Crippen molar-refractivity contribution in [1.29, 1.82) is 0 Å². The Morgan fingerprint density at radius 2 is 1.60 bits per heavy atom. The smallest absolute Gasteiger partial charge is 0.331 e. The van der Waals surface area contributed by atoms with Crippen LogP contribution in [0.1, 0.15) is 25.3 Å². The summed E-state index contributed by atoms with van der Waals surface area (Å²) in [6.07, 6.45) is 4.58. The number of urea groups is 1. The fourth-order valence-electron chi connectivity index (χ4n) is 6.59. The Morgan fingerprint density at radius 3 is 2.24 bits per heavy atom. The first-order valence-corrected chi connectivity index (χ1v) is 17.6. The molecule has 3 amide bonds. The number of nitrogens with zero attached hydrogens (tertiary/aromatic N) is 7. The first-order valence-electron chi connectivity index (χ1n) is 16.9. The minimum Gasteiger partial charge on any atom is -0.491 e. The Labute approximate surface area is 301 Å². The summed E-state index contributed by atoms with van der Waals surface area (Å²) in [5, 5.41) is 5.19. The number of carbonyl (C=O) groups is 2. The van der Waals surface area contributed by atoms with E-state index in [4.69, 9.17) is 37.4 Å². The van der Waals surface area contributed by atoms with Crippen LogP contribution in [0.25, 0.3) is 0 Å². The van der Waals surface area contributed by atoms with Gasteiger partial charge in [0.2, 0.25) is 5.79 Å². The van der Waals surface area contributed by atoms with E-state index >= 15 is 0 Å². The van der Waals surface area contributed by atoms with E-state index < -0.39 is 5.79 Å². The van der Waals surface area contributed by atoms with Crippen molar-refractivity contribution in [1.82, 2.24) is 19.7 Å². The molecule has 4 aromatic rings. The van der Waals surface area contributed by atoms with Gasteiger partial charge >= 0.3 is 6.03 Å². The zero-order chi connectivity index (χ0) is 34.7. The first-order chi connectivity index (χ1) is 24.3. The van der Waals surface area contributed by atoms with Crippen LogP contribution in [0.4, 0.5) is 21.9 Å². The van der Waals surface area contributed by atoms with Crippen LogP contribution in [-0.4, -0.2) is 90.2 Å². The molecule has 0 bridgehead atoms. The Hall–Kier alpha value is -4.36. The van der Waals surface area contributed by atoms with Crippen LogP contribution in [0.3, 0.4) is 0 Å². The zero-order valence-corrected chi connectivity index (χ0v) is 29.3. The van der Waals surface area contributed by atoms with E-state index in [2.05, 4.69) is 38.9 Å². The van der Waals surface area contributed by atoms with E-state index in [1.165, 1.54) is 11.2 Å². The lowest BCUT2D eigenvalue weighted by atomic mass is 10.1. The molecular weight excluding hydrogens is 681 g/mol. The number of amides is 3. The van der Waals surface area contributed by atoms with Crippen LogP contribution >= 0.6 is 23.2 Å². The average Bonchev–Trinajstić information content (AvgIpc) is 3.86. The highest BCUT2D eigenvalue weighted by Crippen LogP contribution is 2.40. The van der Waals surface area contributed by atoms with Crippen molar-refractivity contribution in [2.24, 2.45) is 0 Å². The van der Waals surface area contributed by atoms with Gasteiger partial charge in [-0.15, -0.1) is 0 Å². The van der Waals surface area contributed by atoms with Gasteiger partial charge in [0.05, 0.1) is 17.3 Å². The Morgan fingerprint density at radius 1 is 0.920 bits per heavy atom. The van der Waals surface area contributed by atoms with E-state index in [1.54, 1.807) is 28.0 Å². The molecule has 14 heteroatoms. The van der Waals surface area contributed by atoms with Gasteiger partial charge in [0.1, 0.15) is 44.2 Å². The van der Waals surface area contributed by atoms with Gasteiger partial charge in [-0.1, -0.05) is 42.6 Å². The normalized spacial score (nSPS) is 21.1. The largest absolute Gasteiger partial charge is 0.491 e. The maximum Gasteiger partial charge on any atom is 0.331 e. The number of aromatic nitrogens is 3. The maximum atomic E-state index is 12.8. The SMILES string of the molecule is CCCCN1CC(=O)N(c2ccc(N3CCN(c4ccc(OCC5COC(Cn6cncn6)(c6ccc(Cl)cc6Cl)O5)cc4)CC3)cc2)C1=O. The van der Waals surface area contributed by atoms with Gasteiger partial charge < -0.3 is 28.9 Å². The Balaban J connectivity index is 0.910. The summed E-state index contributed by atoms with van der Waals surface area (Å²) in [6, 6.07) is 20.8. The van der Waals surface area contributed by atoms with Crippen molar-refractivity contribution >= 4 is 52.2 Å². The predicted octanol–water partition coefficient (Wildman–Crippen LogP) is 5.83. The van der Waals surface area contributed by atoms with Crippen LogP contribution in [0, 0.1) is 0 Å². The summed E-state index contributed by atoms with van der Waals surface area (Å²) < 4.78 is 20.5. The monoisotopic (exact) mass is 719 g/mol. The third kappa shape index (κ3) is 7.25. The molecule has 1 aromatic heterocycles. The minimum absolute atomic E-state index is 0.146. The molecular formula is C36H39Cl2N7O5. The lowest BCUT2D eigenvalue weighted by molar-refractivity contribution is -0.190. The Kier molecular flexibility index (Phi) is 10.1. The van der Waals surface area contributed by atoms with Gasteiger partial charge in [-0.3, -0.25) is 4.79 Å². The molecule has 4 heterocycles. The van der Waals surface area contributed by atoms with E-state index in [0.717, 1.165) is 56.1 Å². The fraction of sp³-hybridized carbons (Fsp3) is 0.389. The minimum atomic E-state index is -1.17. The quantitative estimate of drug-likeness (QED) is 0.167. The lowest BCUT2D eigenvalue weighted by Gasteiger charge is -2.37. The van der Waals surface area contributed by atoms with Gasteiger partial charge in [-0.05, 0) is 67.1 Å². The molecule has 3 fully saturated rings. The van der Waals surface area contributed by atoms with Crippen molar-refractivity contribution < 1.29 is 23.8 Å². The van der Waals surface area contributed by atoms with Crippen molar-refractivity contribution in [3.05, 3.63) is 95.0 Å². The van der Waals surface area contributed by atoms with Crippen LogP contribution in [0.5, 0.6) is 5.75 Å². The molecule has 0 radical (unpaired) electrons. The molecule has 7 rings (SSSR count). The van der Waals surface area contributed by atoms with E-state index in [0.29, 0.717) is 41.1 Å². The molecule has 12 nitrogen and oxygen atoms in total. The molecule has 2 unspecified atom stereocenters. The molecule has 3 saturated heterocycles. The summed E-state index contributed by atoms with van der Waals surface area (Å²) in [5.41, 5.74) is 3.47. The Bertz CT molecular complexity index is 1790. The van der Waals surface area contributed by atoms with Gasteiger partial charge in [-0.25, -0.2) is 19.4 Å². The molecule has 0 saturated carbocycles. The molecule has 0 N–H and O–H groups in total. The number of hydrogen-bond donors (Lipinski definition) is 0. The highest BCUT2D eigenvalue weighted by Gasteiger charge is 2.46. The van der Waals surface area contributed by atoms with Crippen molar-refractivity contribution in [2.75, 3.05) is 67.2 Å². The van der Waals surface area contributed by atoms with Crippen LogP contribution in [0.2, 0.25) is 10.0 Å². The number of halogens is 2. The fourth-order valence-corrected chi connectivity index (χ4v) is 7.14. The zero-order valence-electron chi connectivity index (χ0n) is 27.8. The summed E-state index contributed by atoms with van der Waals surface area (Å²) >= 11 is 12.7. The van der Waals surface area contributed by atoms with Gasteiger partial charge in [0.15, 0.2) is 0 Å². The van der Waals surface area contributed by atoms with E-state index in [1.807, 2.05) is 42.5 Å². The number of unbranched alkanes of at least 4 members (excludes halogenated alkanes) is 1. The van der Waals surface area contributed by atoms with E-state index in [9.17, 15) is 9.59 Å². The standard InChI is InChI=1S/C36H39Cl2N7O5/c1-2-3-14-43-20-34(46)45(35(43)47)29-7-5-27(6-8-29)41-15-17-42(18-16-41)28-9-11-30(12-10-28)48-21-31-22-49-36(50-31,23-44-25-39-24-40-44)32-13-4-26(37)19-33(32)38/h4-13,19,24-25,31H,2-3,14-18,20-23H2,1H3. The van der Waals surface area contributed by atoms with Crippen molar-refractivity contribution in [3.8, 4) is 5.75 Å². The molecule has 0 aliphatic carbocycles. The highest BCUT2D eigenvalue weighted by molar-refractivity contribution is 6.35. The molecule has 3 aromatic carbocycles. The number of hydrogen-bond acceptors (Lipinski definition) is 9. The van der Waals surface area contributed by atoms with Gasteiger partial charge in [-0.2, -0.15) is 5.10 Å². The van der Waals surface area contributed by atoms with Gasteiger partial charge in [0, 0.05) is 54.7 Å². The topological polar surface area (TPSA) is 106 Å². The predicted molar refractivity (Wildman–Crippen MR) is 191 cm³/mol. The second-order valence-corrected chi connectivity index (χ2v) is 13.4. The number of imide groups is 1. The molecule has 3 aliphatic rings. The number of anilines is 3. The second kappa shape index (κ2) is 14.9. The third-order valence-electron chi connectivity index (χ3n) is 9.25. The first kappa shape index (κ1) is 34.1. The highest BCUT2D eigenvalue weighted by atomic mass is 35.5. The van der Waals surface area contributed by atoms with Crippen LogP contribution < -0.4 is 19.4 Å². The molecule has 3 aliphatic heterocycles. The second-order valence-electron chi connectivity index (χ2n) is 12.6. The lowest BCUT2D eigenvalue weighted by Crippen LogP contribution is -2.46. The molecule has 2 atom stereocenters. The summed E-state index contributed by atoms with van der Waals surface area (Å²) in [7, 11) is 0. The summed E-state index contributed by atoms with van der Waals surface area (Å²) in [4.78, 5) is 37.1.